The van der Waals surface area contributed by atoms with E-state index in [1.165, 1.54) is 12.8 Å². The summed E-state index contributed by atoms with van der Waals surface area (Å²) >= 11 is 0. The fourth-order valence-electron chi connectivity index (χ4n) is 3.10. The third-order valence-electron chi connectivity index (χ3n) is 4.34. The van der Waals surface area contributed by atoms with Crippen LogP contribution in [0.4, 0.5) is 0 Å². The van der Waals surface area contributed by atoms with Crippen molar-refractivity contribution in [3.05, 3.63) is 12.7 Å². The number of piperidine rings is 2. The van der Waals surface area contributed by atoms with Gasteiger partial charge in [0.05, 0.1) is 10.3 Å². The molecule has 3 fully saturated rings. The van der Waals surface area contributed by atoms with Gasteiger partial charge >= 0.3 is 0 Å². The smallest absolute Gasteiger partial charge is 0.144 e. The molecule has 2 aliphatic heterocycles. The molecule has 3 nitrogen and oxygen atoms in total. The van der Waals surface area contributed by atoms with E-state index in [0.717, 1.165) is 31.8 Å². The number of rotatable bonds is 4. The summed E-state index contributed by atoms with van der Waals surface area (Å²) in [5, 5.41) is 0. The van der Waals surface area contributed by atoms with Gasteiger partial charge in [-0.15, -0.1) is 6.58 Å². The Kier molecular flexibility index (Phi) is 6.79. The monoisotopic (exact) mass is 312 g/mol. The maximum Gasteiger partial charge on any atom is 0.144 e. The topological polar surface area (TPSA) is 32.7 Å². The van der Waals surface area contributed by atoms with E-state index in [-0.39, 0.29) is 10.3 Å². The summed E-state index contributed by atoms with van der Waals surface area (Å²) in [5.41, 5.74) is 0.0316. The normalized spacial score (nSPS) is 30.8. The molecule has 21 heavy (non-hydrogen) atoms. The van der Waals surface area contributed by atoms with Crippen LogP contribution in [0.5, 0.6) is 0 Å². The van der Waals surface area contributed by atoms with E-state index < -0.39 is 11.0 Å². The Hall–Kier alpha value is -0.480. The molecular formula is C17H32N2OS. The molecule has 4 heteroatoms. The predicted octanol–water partition coefficient (Wildman–Crippen LogP) is 3.98. The van der Waals surface area contributed by atoms with Crippen LogP contribution in [0.3, 0.4) is 0 Å². The van der Waals surface area contributed by atoms with Crippen molar-refractivity contribution in [3.63, 3.8) is 0 Å². The molecule has 2 saturated heterocycles. The first-order valence-electron chi connectivity index (χ1n) is 8.20. The van der Waals surface area contributed by atoms with Crippen molar-refractivity contribution >= 4 is 17.2 Å². The van der Waals surface area contributed by atoms with E-state index in [2.05, 4.69) is 15.9 Å². The van der Waals surface area contributed by atoms with Crippen LogP contribution < -0.4 is 0 Å². The Morgan fingerprint density at radius 1 is 1.33 bits per heavy atom. The first-order valence-corrected chi connectivity index (χ1v) is 9.31. The van der Waals surface area contributed by atoms with Crippen LogP contribution in [0.15, 0.2) is 17.1 Å². The lowest BCUT2D eigenvalue weighted by Gasteiger charge is -2.52. The highest BCUT2D eigenvalue weighted by molar-refractivity contribution is 7.85. The second kappa shape index (κ2) is 7.68. The highest BCUT2D eigenvalue weighted by Crippen LogP contribution is 2.42. The van der Waals surface area contributed by atoms with Gasteiger partial charge in [-0.1, -0.05) is 19.9 Å². The van der Waals surface area contributed by atoms with Crippen LogP contribution in [0.2, 0.25) is 0 Å². The Labute approximate surface area is 133 Å². The molecule has 122 valence electrons. The molecule has 0 amide bonds. The van der Waals surface area contributed by atoms with Crippen LogP contribution in [0, 0.1) is 5.92 Å². The van der Waals surface area contributed by atoms with E-state index in [1.54, 1.807) is 0 Å². The van der Waals surface area contributed by atoms with E-state index in [0.29, 0.717) is 0 Å². The van der Waals surface area contributed by atoms with Gasteiger partial charge in [0.15, 0.2) is 0 Å². The average molecular weight is 313 g/mol. The van der Waals surface area contributed by atoms with Crippen molar-refractivity contribution in [2.75, 3.05) is 13.1 Å². The highest BCUT2D eigenvalue weighted by atomic mass is 32.2. The van der Waals surface area contributed by atoms with Gasteiger partial charge in [-0.25, -0.2) is 4.21 Å². The fourth-order valence-corrected chi connectivity index (χ4v) is 3.70. The van der Waals surface area contributed by atoms with Crippen molar-refractivity contribution in [1.29, 1.82) is 0 Å². The van der Waals surface area contributed by atoms with Gasteiger partial charge in [0.1, 0.15) is 11.0 Å². The van der Waals surface area contributed by atoms with Gasteiger partial charge in [-0.05, 0) is 52.4 Å². The molecule has 1 atom stereocenters. The quantitative estimate of drug-likeness (QED) is 0.581. The Bertz CT molecular complexity index is 390. The zero-order valence-corrected chi connectivity index (χ0v) is 15.2. The molecule has 0 radical (unpaired) electrons. The van der Waals surface area contributed by atoms with Crippen LogP contribution in [-0.2, 0) is 11.0 Å². The molecule has 0 aromatic rings. The minimum absolute atomic E-state index is 0.0316. The molecule has 3 rings (SSSR count). The first kappa shape index (κ1) is 18.6. The summed E-state index contributed by atoms with van der Waals surface area (Å²) in [6.07, 6.45) is 8.82. The second-order valence-electron chi connectivity index (χ2n) is 6.84. The van der Waals surface area contributed by atoms with Crippen LogP contribution >= 0.6 is 0 Å². The Morgan fingerprint density at radius 3 is 2.38 bits per heavy atom. The molecule has 3 aliphatic rings. The molecule has 1 unspecified atom stereocenters. The van der Waals surface area contributed by atoms with E-state index in [1.807, 2.05) is 46.9 Å². The lowest BCUT2D eigenvalue weighted by molar-refractivity contribution is 0.0234. The molecular weight excluding hydrogens is 280 g/mol. The van der Waals surface area contributed by atoms with Gasteiger partial charge in [0.25, 0.3) is 0 Å². The van der Waals surface area contributed by atoms with Crippen molar-refractivity contribution in [3.8, 4) is 0 Å². The Balaban J connectivity index is 0.00000106. The molecule has 0 N–H and O–H groups in total. The summed E-state index contributed by atoms with van der Waals surface area (Å²) < 4.78 is 16.2. The van der Waals surface area contributed by atoms with Gasteiger partial charge in [0.2, 0.25) is 0 Å². The third-order valence-corrected chi connectivity index (χ3v) is 5.69. The lowest BCUT2D eigenvalue weighted by Crippen LogP contribution is -2.59. The van der Waals surface area contributed by atoms with E-state index >= 15 is 0 Å². The molecule has 2 bridgehead atoms. The van der Waals surface area contributed by atoms with Crippen molar-refractivity contribution in [1.82, 2.24) is 4.90 Å². The van der Waals surface area contributed by atoms with Gasteiger partial charge in [-0.3, -0.25) is 4.90 Å². The molecule has 1 aliphatic carbocycles. The molecule has 0 aromatic heterocycles. The lowest BCUT2D eigenvalue weighted by atomic mass is 9.71. The third kappa shape index (κ3) is 4.49. The van der Waals surface area contributed by atoms with Gasteiger partial charge in [0, 0.05) is 19.3 Å². The number of nitrogens with zero attached hydrogens (tertiary/aromatic N) is 2. The Morgan fingerprint density at radius 2 is 1.90 bits per heavy atom. The van der Waals surface area contributed by atoms with E-state index in [9.17, 15) is 4.21 Å². The summed E-state index contributed by atoms with van der Waals surface area (Å²) in [5.74, 6) is 0.836. The molecule has 2 heterocycles. The molecule has 0 aromatic carbocycles. The zero-order valence-electron chi connectivity index (χ0n) is 14.4. The van der Waals surface area contributed by atoms with Crippen LogP contribution in [0.25, 0.3) is 0 Å². The maximum atomic E-state index is 12.1. The summed E-state index contributed by atoms with van der Waals surface area (Å²) in [6, 6.07) is 0. The van der Waals surface area contributed by atoms with Gasteiger partial charge < -0.3 is 0 Å². The minimum Gasteiger partial charge on any atom is -0.289 e. The summed E-state index contributed by atoms with van der Waals surface area (Å²) in [4.78, 5) is 2.47. The summed E-state index contributed by atoms with van der Waals surface area (Å²) in [7, 11) is -1.15. The van der Waals surface area contributed by atoms with E-state index in [4.69, 9.17) is 0 Å². The van der Waals surface area contributed by atoms with Gasteiger partial charge in [-0.2, -0.15) is 4.40 Å². The van der Waals surface area contributed by atoms with Crippen LogP contribution in [-0.4, -0.2) is 38.7 Å². The molecule has 1 saturated carbocycles. The standard InChI is InChI=1S/C15H26N2OS.C2H6/c1-5-10-17-11-13-6-8-15(17,9-7-13)12-16-19(18)14(2,3)4;1-2/h5,12-13H,1,6-11H2,2-4H3;1-2H3/b16-12+;. The van der Waals surface area contributed by atoms with Crippen molar-refractivity contribution < 1.29 is 4.21 Å². The number of hydrogen-bond donors (Lipinski definition) is 0. The predicted molar refractivity (Wildman–Crippen MR) is 94.2 cm³/mol. The second-order valence-corrected chi connectivity index (χ2v) is 8.77. The fraction of sp³-hybridized carbons (Fsp3) is 0.824. The molecule has 0 spiro atoms. The minimum atomic E-state index is -1.15. The number of hydrogen-bond acceptors (Lipinski definition) is 2. The first-order chi connectivity index (χ1) is 9.87. The highest BCUT2D eigenvalue weighted by Gasteiger charge is 2.44. The van der Waals surface area contributed by atoms with Crippen molar-refractivity contribution in [2.24, 2.45) is 10.3 Å². The number of fused-ring (bicyclic) bond motifs is 3. The summed E-state index contributed by atoms with van der Waals surface area (Å²) in [6.45, 7) is 15.8. The average Bonchev–Trinajstić information content (AvgIpc) is 2.48. The van der Waals surface area contributed by atoms with Crippen LogP contribution in [0.1, 0.15) is 60.3 Å². The maximum absolute atomic E-state index is 12.1. The SMILES string of the molecule is C=CCN1CC2CCC1(/C=N/S(=O)C(C)(C)C)CC2.CC. The zero-order chi connectivity index (χ0) is 16.1. The van der Waals surface area contributed by atoms with Crippen molar-refractivity contribution in [2.45, 2.75) is 70.6 Å². The largest absolute Gasteiger partial charge is 0.289 e.